The molecule has 1 rings (SSSR count). The van der Waals surface area contributed by atoms with Crippen molar-refractivity contribution in [1.82, 2.24) is 9.55 Å². The van der Waals surface area contributed by atoms with Gasteiger partial charge >= 0.3 is 0 Å². The van der Waals surface area contributed by atoms with Crippen LogP contribution in [0.1, 0.15) is 51.6 Å². The molecule has 0 fully saturated rings. The maximum absolute atomic E-state index is 6.27. The molecule has 3 nitrogen and oxygen atoms in total. The van der Waals surface area contributed by atoms with E-state index in [2.05, 4.69) is 38.5 Å². The van der Waals surface area contributed by atoms with Crippen LogP contribution >= 0.6 is 11.8 Å². The summed E-state index contributed by atoms with van der Waals surface area (Å²) < 4.78 is 2.21. The van der Waals surface area contributed by atoms with E-state index in [1.165, 1.54) is 5.75 Å². The Hall–Kier alpha value is -0.640. The van der Waals surface area contributed by atoms with Crippen LogP contribution in [0.5, 0.6) is 0 Å². The Kier molecular flexibility index (Phi) is 6.06. The second kappa shape index (κ2) is 7.07. The largest absolute Gasteiger partial charge is 0.384 e. The number of anilines is 1. The normalized spacial score (nSPS) is 11.7. The minimum atomic E-state index is 0.431. The molecule has 0 aliphatic rings. The fraction of sp³-hybridized carbons (Fsp3) is 0.786. The van der Waals surface area contributed by atoms with E-state index in [-0.39, 0.29) is 0 Å². The third-order valence-corrected chi connectivity index (χ3v) is 3.64. The highest BCUT2D eigenvalue weighted by molar-refractivity contribution is 7.98. The van der Waals surface area contributed by atoms with E-state index >= 15 is 0 Å². The number of rotatable bonds is 7. The van der Waals surface area contributed by atoms with E-state index in [0.29, 0.717) is 11.8 Å². The molecule has 18 heavy (non-hydrogen) atoms. The fourth-order valence-electron chi connectivity index (χ4n) is 2.10. The first-order valence-corrected chi connectivity index (χ1v) is 8.20. The number of hydrogen-bond donors (Lipinski definition) is 1. The predicted octanol–water partition coefficient (Wildman–Crippen LogP) is 3.54. The standard InChI is InChI=1S/C14H27N3S/c1-10(2)9-17-13(15)12(7-6-8-18-5)16-14(17)11(3)4/h10-11H,6-9,15H2,1-5H3. The Morgan fingerprint density at radius 3 is 2.44 bits per heavy atom. The van der Waals surface area contributed by atoms with E-state index in [9.17, 15) is 0 Å². The second-order valence-corrected chi connectivity index (χ2v) is 6.54. The van der Waals surface area contributed by atoms with Crippen molar-refractivity contribution in [3.63, 3.8) is 0 Å². The van der Waals surface area contributed by atoms with Crippen molar-refractivity contribution >= 4 is 17.6 Å². The molecular formula is C14H27N3S. The summed E-state index contributed by atoms with van der Waals surface area (Å²) in [5.41, 5.74) is 7.36. The zero-order chi connectivity index (χ0) is 13.7. The van der Waals surface area contributed by atoms with Gasteiger partial charge < -0.3 is 10.3 Å². The third-order valence-electron chi connectivity index (χ3n) is 2.94. The van der Waals surface area contributed by atoms with Crippen molar-refractivity contribution in [2.75, 3.05) is 17.7 Å². The van der Waals surface area contributed by atoms with Gasteiger partial charge in [-0.15, -0.1) is 0 Å². The zero-order valence-corrected chi connectivity index (χ0v) is 13.2. The van der Waals surface area contributed by atoms with Gasteiger partial charge in [0.05, 0.1) is 5.69 Å². The summed E-state index contributed by atoms with van der Waals surface area (Å²) in [6, 6.07) is 0. The van der Waals surface area contributed by atoms with Gasteiger partial charge in [-0.05, 0) is 30.8 Å². The lowest BCUT2D eigenvalue weighted by atomic mass is 10.2. The monoisotopic (exact) mass is 269 g/mol. The molecule has 2 N–H and O–H groups in total. The highest BCUT2D eigenvalue weighted by atomic mass is 32.2. The maximum Gasteiger partial charge on any atom is 0.126 e. The summed E-state index contributed by atoms with van der Waals surface area (Å²) in [7, 11) is 0. The molecule has 0 spiro atoms. The van der Waals surface area contributed by atoms with Crippen LogP contribution in [0.4, 0.5) is 5.82 Å². The first kappa shape index (κ1) is 15.4. The van der Waals surface area contributed by atoms with Gasteiger partial charge in [0, 0.05) is 12.5 Å². The minimum Gasteiger partial charge on any atom is -0.384 e. The van der Waals surface area contributed by atoms with Gasteiger partial charge in [-0.3, -0.25) is 0 Å². The summed E-state index contributed by atoms with van der Waals surface area (Å²) in [4.78, 5) is 4.76. The molecular weight excluding hydrogens is 242 g/mol. The van der Waals surface area contributed by atoms with E-state index in [1.54, 1.807) is 0 Å². The van der Waals surface area contributed by atoms with Crippen molar-refractivity contribution in [2.24, 2.45) is 5.92 Å². The number of thioether (sulfide) groups is 1. The Labute approximate surface area is 116 Å². The number of hydrogen-bond acceptors (Lipinski definition) is 3. The average Bonchev–Trinajstić information content (AvgIpc) is 2.57. The van der Waals surface area contributed by atoms with E-state index in [0.717, 1.165) is 36.7 Å². The molecule has 0 radical (unpaired) electrons. The van der Waals surface area contributed by atoms with Crippen LogP contribution in [0.3, 0.4) is 0 Å². The van der Waals surface area contributed by atoms with E-state index in [1.807, 2.05) is 11.8 Å². The summed E-state index contributed by atoms with van der Waals surface area (Å²) >= 11 is 1.88. The number of nitrogens with two attached hydrogens (primary N) is 1. The molecule has 104 valence electrons. The average molecular weight is 269 g/mol. The molecule has 0 amide bonds. The minimum absolute atomic E-state index is 0.431. The molecule has 0 bridgehead atoms. The smallest absolute Gasteiger partial charge is 0.126 e. The van der Waals surface area contributed by atoms with Crippen LogP contribution in [-0.4, -0.2) is 21.6 Å². The molecule has 1 heterocycles. The van der Waals surface area contributed by atoms with Gasteiger partial charge in [0.15, 0.2) is 0 Å². The van der Waals surface area contributed by atoms with Gasteiger partial charge in [-0.2, -0.15) is 11.8 Å². The highest BCUT2D eigenvalue weighted by Crippen LogP contribution is 2.23. The molecule has 0 atom stereocenters. The first-order chi connectivity index (χ1) is 8.47. The van der Waals surface area contributed by atoms with Crippen LogP contribution in [0.2, 0.25) is 0 Å². The molecule has 1 aromatic rings. The van der Waals surface area contributed by atoms with Crippen molar-refractivity contribution in [1.29, 1.82) is 0 Å². The number of imidazole rings is 1. The number of aromatic nitrogens is 2. The zero-order valence-electron chi connectivity index (χ0n) is 12.4. The van der Waals surface area contributed by atoms with Crippen LogP contribution in [0.15, 0.2) is 0 Å². The fourth-order valence-corrected chi connectivity index (χ4v) is 2.53. The first-order valence-electron chi connectivity index (χ1n) is 6.81. The Morgan fingerprint density at radius 2 is 1.94 bits per heavy atom. The lowest BCUT2D eigenvalue weighted by Crippen LogP contribution is -2.12. The topological polar surface area (TPSA) is 43.8 Å². The van der Waals surface area contributed by atoms with Crippen molar-refractivity contribution in [3.8, 4) is 0 Å². The van der Waals surface area contributed by atoms with Gasteiger partial charge in [-0.25, -0.2) is 4.98 Å². The van der Waals surface area contributed by atoms with Gasteiger partial charge in [0.2, 0.25) is 0 Å². The lowest BCUT2D eigenvalue weighted by molar-refractivity contribution is 0.502. The quantitative estimate of drug-likeness (QED) is 0.770. The van der Waals surface area contributed by atoms with Gasteiger partial charge in [0.1, 0.15) is 11.6 Å². The number of nitrogen functional groups attached to an aromatic ring is 1. The summed E-state index contributed by atoms with van der Waals surface area (Å²) in [5, 5.41) is 0. The predicted molar refractivity (Wildman–Crippen MR) is 82.3 cm³/mol. The molecule has 1 aromatic heterocycles. The summed E-state index contributed by atoms with van der Waals surface area (Å²) in [6.45, 7) is 9.78. The number of nitrogens with zero attached hydrogens (tertiary/aromatic N) is 2. The van der Waals surface area contributed by atoms with Gasteiger partial charge in [-0.1, -0.05) is 27.7 Å². The Morgan fingerprint density at radius 1 is 1.28 bits per heavy atom. The molecule has 0 aliphatic heterocycles. The van der Waals surface area contributed by atoms with E-state index in [4.69, 9.17) is 10.7 Å². The highest BCUT2D eigenvalue weighted by Gasteiger charge is 2.17. The summed E-state index contributed by atoms with van der Waals surface area (Å²) in [6.07, 6.45) is 4.29. The molecule has 0 saturated heterocycles. The van der Waals surface area contributed by atoms with E-state index < -0.39 is 0 Å². The van der Waals surface area contributed by atoms with Crippen molar-refractivity contribution < 1.29 is 0 Å². The molecule has 0 aliphatic carbocycles. The van der Waals surface area contributed by atoms with Crippen LogP contribution in [0, 0.1) is 5.92 Å². The molecule has 0 aromatic carbocycles. The molecule has 4 heteroatoms. The molecule has 0 unspecified atom stereocenters. The molecule has 0 saturated carbocycles. The number of aryl methyl sites for hydroxylation is 1. The maximum atomic E-state index is 6.27. The van der Waals surface area contributed by atoms with Crippen molar-refractivity contribution in [3.05, 3.63) is 11.5 Å². The van der Waals surface area contributed by atoms with Crippen LogP contribution in [0.25, 0.3) is 0 Å². The van der Waals surface area contributed by atoms with Crippen LogP contribution < -0.4 is 5.73 Å². The summed E-state index contributed by atoms with van der Waals surface area (Å²) in [5.74, 6) is 4.22. The lowest BCUT2D eigenvalue weighted by Gasteiger charge is -2.14. The van der Waals surface area contributed by atoms with Gasteiger partial charge in [0.25, 0.3) is 0 Å². The SMILES string of the molecule is CSCCCc1nc(C(C)C)n(CC(C)C)c1N. The Bertz CT molecular complexity index is 369. The third kappa shape index (κ3) is 3.94. The second-order valence-electron chi connectivity index (χ2n) is 5.56. The Balaban J connectivity index is 2.92. The van der Waals surface area contributed by atoms with Crippen molar-refractivity contribution in [2.45, 2.75) is 53.0 Å². The van der Waals surface area contributed by atoms with Crippen LogP contribution in [-0.2, 0) is 13.0 Å².